The molecular formula is C11H11N5O4. The van der Waals surface area contributed by atoms with Crippen molar-refractivity contribution in [2.45, 2.75) is 0 Å². The molecule has 9 nitrogen and oxygen atoms in total. The van der Waals surface area contributed by atoms with E-state index in [2.05, 4.69) is 0 Å². The Morgan fingerprint density at radius 1 is 1.30 bits per heavy atom. The lowest BCUT2D eigenvalue weighted by molar-refractivity contribution is -0.385. The van der Waals surface area contributed by atoms with Gasteiger partial charge in [0, 0.05) is 11.8 Å². The van der Waals surface area contributed by atoms with Gasteiger partial charge in [-0.1, -0.05) is 0 Å². The van der Waals surface area contributed by atoms with Gasteiger partial charge in [0.2, 0.25) is 11.8 Å². The van der Waals surface area contributed by atoms with Crippen molar-refractivity contribution in [2.24, 2.45) is 11.5 Å². The number of nitro benzene ring substituents is 1. The molecule has 0 bridgehead atoms. The molecule has 0 saturated heterocycles. The highest BCUT2D eigenvalue weighted by molar-refractivity contribution is 5.85. The van der Waals surface area contributed by atoms with Crippen LogP contribution in [0.3, 0.4) is 0 Å². The number of hydrogen-bond acceptors (Lipinski definition) is 6. The number of rotatable bonds is 6. The smallest absolute Gasteiger partial charge is 0.287 e. The Balaban J connectivity index is 3.20. The molecule has 0 aromatic heterocycles. The molecule has 0 radical (unpaired) electrons. The molecule has 0 fully saturated rings. The molecule has 1 aromatic carbocycles. The van der Waals surface area contributed by atoms with Gasteiger partial charge in [-0.05, 0) is 12.1 Å². The van der Waals surface area contributed by atoms with Crippen molar-refractivity contribution in [3.05, 3.63) is 33.9 Å². The first-order valence-corrected chi connectivity index (χ1v) is 5.35. The van der Waals surface area contributed by atoms with Crippen LogP contribution in [0, 0.1) is 21.4 Å². The zero-order valence-electron chi connectivity index (χ0n) is 10.3. The Hall–Kier alpha value is -3.15. The molecule has 9 heteroatoms. The van der Waals surface area contributed by atoms with Crippen LogP contribution in [0.4, 0.5) is 11.4 Å². The third-order valence-electron chi connectivity index (χ3n) is 2.36. The van der Waals surface area contributed by atoms with Crippen molar-refractivity contribution >= 4 is 23.2 Å². The summed E-state index contributed by atoms with van der Waals surface area (Å²) in [5.74, 6) is -1.41. The van der Waals surface area contributed by atoms with Crippen LogP contribution in [0.15, 0.2) is 18.2 Å². The van der Waals surface area contributed by atoms with Gasteiger partial charge in [0.25, 0.3) is 5.69 Å². The first kappa shape index (κ1) is 14.9. The number of nitriles is 1. The van der Waals surface area contributed by atoms with Crippen LogP contribution in [0.25, 0.3) is 0 Å². The van der Waals surface area contributed by atoms with Gasteiger partial charge in [-0.3, -0.25) is 19.7 Å². The van der Waals surface area contributed by atoms with Crippen LogP contribution in [0.2, 0.25) is 0 Å². The summed E-state index contributed by atoms with van der Waals surface area (Å²) < 4.78 is 0. The highest BCUT2D eigenvalue weighted by atomic mass is 16.6. The molecule has 1 aromatic rings. The van der Waals surface area contributed by atoms with E-state index in [0.717, 1.165) is 6.07 Å². The summed E-state index contributed by atoms with van der Waals surface area (Å²) in [6.07, 6.45) is 0. The Kier molecular flexibility index (Phi) is 4.58. The number of primary amides is 2. The van der Waals surface area contributed by atoms with Crippen molar-refractivity contribution < 1.29 is 14.5 Å². The lowest BCUT2D eigenvalue weighted by atomic mass is 10.1. The van der Waals surface area contributed by atoms with Crippen LogP contribution < -0.4 is 16.4 Å². The lowest BCUT2D eigenvalue weighted by Gasteiger charge is -2.21. The third-order valence-corrected chi connectivity index (χ3v) is 2.36. The molecule has 0 atom stereocenters. The second-order valence-corrected chi connectivity index (χ2v) is 3.86. The minimum absolute atomic E-state index is 0.188. The summed E-state index contributed by atoms with van der Waals surface area (Å²) in [5.41, 5.74) is 9.81. The summed E-state index contributed by atoms with van der Waals surface area (Å²) in [7, 11) is 0. The fourth-order valence-electron chi connectivity index (χ4n) is 1.58. The van der Waals surface area contributed by atoms with Crippen molar-refractivity contribution in [3.63, 3.8) is 0 Å². The molecule has 0 spiro atoms. The number of anilines is 1. The topological polar surface area (TPSA) is 156 Å². The van der Waals surface area contributed by atoms with E-state index in [1.807, 2.05) is 0 Å². The van der Waals surface area contributed by atoms with E-state index in [-0.39, 0.29) is 30.0 Å². The van der Waals surface area contributed by atoms with Crippen molar-refractivity contribution in [3.8, 4) is 6.07 Å². The molecule has 4 N–H and O–H groups in total. The molecule has 0 aliphatic rings. The molecular weight excluding hydrogens is 266 g/mol. The molecule has 0 aliphatic carbocycles. The highest BCUT2D eigenvalue weighted by Gasteiger charge is 2.18. The number of benzene rings is 1. The quantitative estimate of drug-likeness (QED) is 0.514. The SMILES string of the molecule is N#Cc1cc(N(CC(N)=O)CC(N)=O)ccc1[N+](=O)[O-]. The number of carbonyl (C=O) groups excluding carboxylic acids is 2. The van der Waals surface area contributed by atoms with Crippen molar-refractivity contribution in [2.75, 3.05) is 18.0 Å². The van der Waals surface area contributed by atoms with Crippen LogP contribution in [-0.4, -0.2) is 29.8 Å². The molecule has 104 valence electrons. The Bertz CT molecular complexity index is 591. The van der Waals surface area contributed by atoms with Crippen LogP contribution >= 0.6 is 0 Å². The summed E-state index contributed by atoms with van der Waals surface area (Å²) in [5, 5.41) is 19.6. The van der Waals surface area contributed by atoms with Gasteiger partial charge in [0.1, 0.15) is 11.6 Å². The maximum absolute atomic E-state index is 10.9. The first-order chi connectivity index (χ1) is 9.35. The second kappa shape index (κ2) is 6.14. The second-order valence-electron chi connectivity index (χ2n) is 3.86. The van der Waals surface area contributed by atoms with Gasteiger partial charge in [0.15, 0.2) is 0 Å². The third kappa shape index (κ3) is 3.67. The van der Waals surface area contributed by atoms with Crippen molar-refractivity contribution in [1.82, 2.24) is 0 Å². The Morgan fingerprint density at radius 2 is 1.85 bits per heavy atom. The minimum Gasteiger partial charge on any atom is -0.368 e. The number of nitro groups is 1. The van der Waals surface area contributed by atoms with E-state index in [4.69, 9.17) is 16.7 Å². The standard InChI is InChI=1S/C11H11N5O4/c12-4-7-3-8(1-2-9(7)16(19)20)15(5-10(13)17)6-11(14)18/h1-3H,5-6H2,(H2,13,17)(H2,14,18). The number of hydrogen-bond donors (Lipinski definition) is 2. The molecule has 0 aliphatic heterocycles. The maximum atomic E-state index is 10.9. The first-order valence-electron chi connectivity index (χ1n) is 5.35. The van der Waals surface area contributed by atoms with Gasteiger partial charge in [-0.15, -0.1) is 0 Å². The normalized spacial score (nSPS) is 9.55. The summed E-state index contributed by atoms with van der Waals surface area (Å²) in [6, 6.07) is 5.30. The molecule has 0 heterocycles. The largest absolute Gasteiger partial charge is 0.368 e. The molecule has 2 amide bonds. The van der Waals surface area contributed by atoms with E-state index < -0.39 is 16.7 Å². The van der Waals surface area contributed by atoms with E-state index in [1.165, 1.54) is 17.0 Å². The summed E-state index contributed by atoms with van der Waals surface area (Å²) >= 11 is 0. The van der Waals surface area contributed by atoms with Gasteiger partial charge in [0.05, 0.1) is 18.0 Å². The van der Waals surface area contributed by atoms with Crippen molar-refractivity contribution in [1.29, 1.82) is 5.26 Å². The van der Waals surface area contributed by atoms with Gasteiger partial charge in [-0.25, -0.2) is 0 Å². The lowest BCUT2D eigenvalue weighted by Crippen LogP contribution is -2.39. The summed E-state index contributed by atoms with van der Waals surface area (Å²) in [4.78, 5) is 33.1. The summed E-state index contributed by atoms with van der Waals surface area (Å²) in [6.45, 7) is -0.600. The van der Waals surface area contributed by atoms with E-state index >= 15 is 0 Å². The van der Waals surface area contributed by atoms with Gasteiger partial charge in [-0.2, -0.15) is 5.26 Å². The van der Waals surface area contributed by atoms with E-state index in [0.29, 0.717) is 0 Å². The number of nitrogens with two attached hydrogens (primary N) is 2. The molecule has 20 heavy (non-hydrogen) atoms. The number of carbonyl (C=O) groups is 2. The fraction of sp³-hybridized carbons (Fsp3) is 0.182. The molecule has 0 saturated carbocycles. The minimum atomic E-state index is -0.705. The predicted molar refractivity (Wildman–Crippen MR) is 68.4 cm³/mol. The average molecular weight is 277 g/mol. The average Bonchev–Trinajstić information content (AvgIpc) is 2.35. The number of nitrogens with zero attached hydrogens (tertiary/aromatic N) is 3. The van der Waals surface area contributed by atoms with Crippen LogP contribution in [0.1, 0.15) is 5.56 Å². The highest BCUT2D eigenvalue weighted by Crippen LogP contribution is 2.24. The Morgan fingerprint density at radius 3 is 2.25 bits per heavy atom. The zero-order chi connectivity index (χ0) is 15.3. The monoisotopic (exact) mass is 277 g/mol. The molecule has 1 rings (SSSR count). The van der Waals surface area contributed by atoms with Crippen LogP contribution in [0.5, 0.6) is 0 Å². The maximum Gasteiger partial charge on any atom is 0.287 e. The zero-order valence-corrected chi connectivity index (χ0v) is 10.3. The fourth-order valence-corrected chi connectivity index (χ4v) is 1.58. The number of amides is 2. The van der Waals surface area contributed by atoms with Gasteiger partial charge < -0.3 is 16.4 Å². The van der Waals surface area contributed by atoms with E-state index in [1.54, 1.807) is 6.07 Å². The predicted octanol–water partition coefficient (Wildman–Crippen LogP) is -0.757. The van der Waals surface area contributed by atoms with Crippen LogP contribution in [-0.2, 0) is 9.59 Å². The Labute approximate surface area is 113 Å². The molecule has 0 unspecified atom stereocenters. The van der Waals surface area contributed by atoms with E-state index in [9.17, 15) is 19.7 Å². The van der Waals surface area contributed by atoms with Gasteiger partial charge >= 0.3 is 0 Å².